The maximum Gasteiger partial charge on any atom is 0.264 e. The standard InChI is InChI=1S/C59H65BN2S/c1-36-20-27-51-43(30-36)53-54(63-51)60-46-34-44-45(59(13,14)29-28-58(44,11)12)35-48(46)61(41-24-21-38(22-25-41)55(2,3)4)49-32-40(57(8,9)10)33-50(52(49)60)62(53)47-26-23-39(56(5,6)7)31-42(47)37-18-16-15-17-19-37/h15-27,30-35H,28-29H2,1-14H3. The van der Waals surface area contributed by atoms with Gasteiger partial charge in [0, 0.05) is 43.2 Å². The van der Waals surface area contributed by atoms with Gasteiger partial charge in [0.2, 0.25) is 0 Å². The van der Waals surface area contributed by atoms with E-state index >= 15 is 0 Å². The van der Waals surface area contributed by atoms with Crippen LogP contribution in [0.3, 0.4) is 0 Å². The summed E-state index contributed by atoms with van der Waals surface area (Å²) in [5.41, 5.74) is 21.4. The van der Waals surface area contributed by atoms with E-state index in [1.165, 1.54) is 117 Å². The second kappa shape index (κ2) is 14.0. The molecule has 0 fully saturated rings. The summed E-state index contributed by atoms with van der Waals surface area (Å²) in [6.45, 7) is 33.3. The van der Waals surface area contributed by atoms with Crippen molar-refractivity contribution in [2.24, 2.45) is 0 Å². The Kier molecular flexibility index (Phi) is 9.30. The van der Waals surface area contributed by atoms with Crippen LogP contribution in [0.1, 0.15) is 136 Å². The molecule has 0 unspecified atom stereocenters. The van der Waals surface area contributed by atoms with Gasteiger partial charge in [0.25, 0.3) is 6.71 Å². The van der Waals surface area contributed by atoms with E-state index in [1.54, 1.807) is 0 Å². The highest BCUT2D eigenvalue weighted by Crippen LogP contribution is 2.54. The maximum absolute atomic E-state index is 2.70. The molecule has 320 valence electrons. The maximum atomic E-state index is 2.70. The van der Waals surface area contributed by atoms with Crippen LogP contribution in [-0.2, 0) is 27.1 Å². The van der Waals surface area contributed by atoms with Crippen LogP contribution in [0.4, 0.5) is 34.1 Å². The number of thiophene rings is 1. The average molecular weight is 845 g/mol. The van der Waals surface area contributed by atoms with E-state index in [0.717, 1.165) is 0 Å². The number of anilines is 6. The molecular weight excluding hydrogens is 780 g/mol. The van der Waals surface area contributed by atoms with Gasteiger partial charge in [0.15, 0.2) is 0 Å². The SMILES string of the molecule is Cc1ccc2sc3c(c2c1)N(c1ccc(C(C)(C)C)cc1-c1ccccc1)c1cc(C(C)(C)C)cc2c1B3c1cc3c(cc1N2c1ccc(C(C)(C)C)cc1)C(C)(C)CCC3(C)C. The fourth-order valence-electron chi connectivity index (χ4n) is 10.8. The van der Waals surface area contributed by atoms with Crippen molar-refractivity contribution in [3.05, 3.63) is 149 Å². The Morgan fingerprint density at radius 1 is 0.540 bits per heavy atom. The van der Waals surface area contributed by atoms with E-state index in [9.17, 15) is 0 Å². The molecule has 3 aliphatic rings. The van der Waals surface area contributed by atoms with Gasteiger partial charge in [-0.05, 0) is 146 Å². The zero-order valence-corrected chi connectivity index (χ0v) is 41.1. The average Bonchev–Trinajstić information content (AvgIpc) is 3.59. The van der Waals surface area contributed by atoms with Crippen molar-refractivity contribution >= 4 is 78.0 Å². The molecule has 63 heavy (non-hydrogen) atoms. The molecule has 4 heteroatoms. The molecule has 10 rings (SSSR count). The predicted octanol–water partition coefficient (Wildman–Crippen LogP) is 15.2. The van der Waals surface area contributed by atoms with Gasteiger partial charge in [-0.2, -0.15) is 0 Å². The summed E-state index contributed by atoms with van der Waals surface area (Å²) in [7, 11) is 0. The highest BCUT2D eigenvalue weighted by Gasteiger charge is 2.48. The molecule has 1 aromatic heterocycles. The lowest BCUT2D eigenvalue weighted by Gasteiger charge is -2.47. The summed E-state index contributed by atoms with van der Waals surface area (Å²) < 4.78 is 2.78. The molecular formula is C59H65BN2S. The van der Waals surface area contributed by atoms with Crippen LogP contribution in [0.5, 0.6) is 0 Å². The van der Waals surface area contributed by atoms with Crippen molar-refractivity contribution in [2.75, 3.05) is 9.80 Å². The molecule has 7 aromatic rings. The first-order chi connectivity index (χ1) is 29.5. The summed E-state index contributed by atoms with van der Waals surface area (Å²) in [5, 5.41) is 1.34. The molecule has 3 heterocycles. The Bertz CT molecular complexity index is 2960. The van der Waals surface area contributed by atoms with Crippen molar-refractivity contribution in [1.29, 1.82) is 0 Å². The summed E-state index contributed by atoms with van der Waals surface area (Å²) >= 11 is 2.01. The Morgan fingerprint density at radius 2 is 1.13 bits per heavy atom. The lowest BCUT2D eigenvalue weighted by atomic mass is 9.35. The van der Waals surface area contributed by atoms with Crippen LogP contribution < -0.4 is 25.5 Å². The predicted molar refractivity (Wildman–Crippen MR) is 277 cm³/mol. The van der Waals surface area contributed by atoms with Crippen LogP contribution in [0.25, 0.3) is 21.2 Å². The first-order valence-electron chi connectivity index (χ1n) is 23.3. The Balaban J connectivity index is 1.38. The molecule has 0 N–H and O–H groups in total. The first kappa shape index (κ1) is 41.9. The second-order valence-corrected chi connectivity index (χ2v) is 24.5. The van der Waals surface area contributed by atoms with Gasteiger partial charge in [-0.25, -0.2) is 0 Å². The molecule has 0 amide bonds. The minimum atomic E-state index is -0.109. The number of hydrogen-bond acceptors (Lipinski definition) is 3. The Hall–Kier alpha value is -5.06. The number of aryl methyl sites for hydroxylation is 1. The number of fused-ring (bicyclic) bond motifs is 7. The summed E-state index contributed by atoms with van der Waals surface area (Å²) in [5.74, 6) is 0. The molecule has 6 aromatic carbocycles. The van der Waals surface area contributed by atoms with E-state index in [2.05, 4.69) is 222 Å². The third kappa shape index (κ3) is 6.72. The molecule has 2 nitrogen and oxygen atoms in total. The highest BCUT2D eigenvalue weighted by atomic mass is 32.1. The summed E-state index contributed by atoms with van der Waals surface area (Å²) in [6, 6.07) is 45.5. The van der Waals surface area contributed by atoms with Crippen molar-refractivity contribution < 1.29 is 0 Å². The quantitative estimate of drug-likeness (QED) is 0.164. The minimum Gasteiger partial charge on any atom is -0.311 e. The van der Waals surface area contributed by atoms with E-state index in [1.807, 2.05) is 11.3 Å². The lowest BCUT2D eigenvalue weighted by Crippen LogP contribution is -2.61. The molecule has 0 radical (unpaired) electrons. The largest absolute Gasteiger partial charge is 0.311 e. The van der Waals surface area contributed by atoms with Gasteiger partial charge in [0.05, 0.1) is 11.4 Å². The molecule has 2 aliphatic heterocycles. The van der Waals surface area contributed by atoms with E-state index in [-0.39, 0.29) is 33.8 Å². The number of benzene rings is 6. The third-order valence-electron chi connectivity index (χ3n) is 14.8. The van der Waals surface area contributed by atoms with Crippen LogP contribution in [-0.4, -0.2) is 6.71 Å². The van der Waals surface area contributed by atoms with Crippen molar-refractivity contribution in [2.45, 2.75) is 137 Å². The van der Waals surface area contributed by atoms with Crippen LogP contribution in [0.2, 0.25) is 0 Å². The molecule has 1 aliphatic carbocycles. The Morgan fingerprint density at radius 3 is 1.75 bits per heavy atom. The van der Waals surface area contributed by atoms with Crippen LogP contribution in [0, 0.1) is 6.92 Å². The van der Waals surface area contributed by atoms with Crippen molar-refractivity contribution in [1.82, 2.24) is 0 Å². The Labute approximate surface area is 382 Å². The first-order valence-corrected chi connectivity index (χ1v) is 24.2. The van der Waals surface area contributed by atoms with Crippen LogP contribution in [0.15, 0.2) is 115 Å². The third-order valence-corrected chi connectivity index (χ3v) is 16.1. The van der Waals surface area contributed by atoms with Crippen molar-refractivity contribution in [3.63, 3.8) is 0 Å². The smallest absolute Gasteiger partial charge is 0.264 e. The molecule has 0 saturated carbocycles. The fourth-order valence-corrected chi connectivity index (χ4v) is 12.1. The molecule has 0 bridgehead atoms. The van der Waals surface area contributed by atoms with Gasteiger partial charge in [-0.15, -0.1) is 11.3 Å². The number of hydrogen-bond donors (Lipinski definition) is 0. The number of rotatable bonds is 3. The van der Waals surface area contributed by atoms with Gasteiger partial charge in [-0.3, -0.25) is 0 Å². The van der Waals surface area contributed by atoms with Crippen molar-refractivity contribution in [3.8, 4) is 11.1 Å². The van der Waals surface area contributed by atoms with Gasteiger partial charge in [0.1, 0.15) is 0 Å². The second-order valence-electron chi connectivity index (χ2n) is 23.5. The zero-order valence-electron chi connectivity index (χ0n) is 40.3. The molecule has 0 atom stereocenters. The zero-order chi connectivity index (χ0) is 44.8. The summed E-state index contributed by atoms with van der Waals surface area (Å²) in [4.78, 5) is 5.36. The van der Waals surface area contributed by atoms with Crippen LogP contribution >= 0.6 is 11.3 Å². The van der Waals surface area contributed by atoms with Gasteiger partial charge >= 0.3 is 0 Å². The normalized spacial score (nSPS) is 16.4. The van der Waals surface area contributed by atoms with E-state index in [0.29, 0.717) is 0 Å². The van der Waals surface area contributed by atoms with E-state index in [4.69, 9.17) is 0 Å². The van der Waals surface area contributed by atoms with Gasteiger partial charge < -0.3 is 9.80 Å². The fraction of sp³-hybridized carbons (Fsp3) is 0.356. The van der Waals surface area contributed by atoms with Gasteiger partial charge in [-0.1, -0.05) is 156 Å². The van der Waals surface area contributed by atoms with E-state index < -0.39 is 0 Å². The molecule has 0 saturated heterocycles. The monoisotopic (exact) mass is 844 g/mol. The summed E-state index contributed by atoms with van der Waals surface area (Å²) in [6.07, 6.45) is 2.36. The lowest BCUT2D eigenvalue weighted by molar-refractivity contribution is 0.332. The number of nitrogens with zero attached hydrogens (tertiary/aromatic N) is 2. The minimum absolute atomic E-state index is 0.00798. The highest BCUT2D eigenvalue weighted by molar-refractivity contribution is 7.33. The molecule has 0 spiro atoms. The topological polar surface area (TPSA) is 6.48 Å².